The molecule has 0 aliphatic heterocycles. The van der Waals surface area contributed by atoms with Crippen LogP contribution in [0.5, 0.6) is 5.75 Å². The van der Waals surface area contributed by atoms with Crippen molar-refractivity contribution in [2.45, 2.75) is 19.8 Å². The third kappa shape index (κ3) is 4.22. The average molecular weight is 283 g/mol. The predicted molar refractivity (Wildman–Crippen MR) is 81.0 cm³/mol. The van der Waals surface area contributed by atoms with E-state index in [0.717, 1.165) is 16.7 Å². The number of carbonyl (C=O) groups excluding carboxylic acids is 1. The standard InChI is InChI=1S/C17H17NO3/c1-3-14-8-7-13-12-15(9-10-16(13)18-14)21-11-5-6-17(19)20-4-2/h1,7-10,12H,4-6,11H2,2H3. The van der Waals surface area contributed by atoms with Crippen LogP contribution in [0.2, 0.25) is 0 Å². The number of rotatable bonds is 6. The van der Waals surface area contributed by atoms with Crippen LogP contribution in [-0.4, -0.2) is 24.2 Å². The first-order valence-corrected chi connectivity index (χ1v) is 6.88. The van der Waals surface area contributed by atoms with Gasteiger partial charge < -0.3 is 9.47 Å². The molecule has 0 aliphatic carbocycles. The second-order valence-electron chi connectivity index (χ2n) is 4.45. The minimum absolute atomic E-state index is 0.189. The first kappa shape index (κ1) is 14.9. The summed E-state index contributed by atoms with van der Waals surface area (Å²) in [5.41, 5.74) is 1.45. The van der Waals surface area contributed by atoms with Gasteiger partial charge in [-0.3, -0.25) is 4.79 Å². The number of nitrogens with zero attached hydrogens (tertiary/aromatic N) is 1. The summed E-state index contributed by atoms with van der Waals surface area (Å²) in [6.07, 6.45) is 6.32. The molecule has 1 aromatic carbocycles. The molecule has 0 atom stereocenters. The fraction of sp³-hybridized carbons (Fsp3) is 0.294. The van der Waals surface area contributed by atoms with Crippen molar-refractivity contribution in [2.75, 3.05) is 13.2 Å². The van der Waals surface area contributed by atoms with E-state index in [1.807, 2.05) is 24.3 Å². The normalized spacial score (nSPS) is 10.1. The lowest BCUT2D eigenvalue weighted by Gasteiger charge is -2.07. The van der Waals surface area contributed by atoms with Gasteiger partial charge in [-0.1, -0.05) is 5.92 Å². The number of fused-ring (bicyclic) bond motifs is 1. The summed E-state index contributed by atoms with van der Waals surface area (Å²) < 4.78 is 10.5. The van der Waals surface area contributed by atoms with Crippen LogP contribution in [0.15, 0.2) is 30.3 Å². The maximum atomic E-state index is 11.2. The molecule has 0 spiro atoms. The number of hydrogen-bond donors (Lipinski definition) is 0. The molecule has 0 aliphatic rings. The number of terminal acetylenes is 1. The average Bonchev–Trinajstić information content (AvgIpc) is 2.51. The second-order valence-corrected chi connectivity index (χ2v) is 4.45. The highest BCUT2D eigenvalue weighted by Gasteiger charge is 2.03. The summed E-state index contributed by atoms with van der Waals surface area (Å²) in [6.45, 7) is 2.68. The van der Waals surface area contributed by atoms with Gasteiger partial charge >= 0.3 is 5.97 Å². The molecule has 0 fully saturated rings. The zero-order valence-corrected chi connectivity index (χ0v) is 12.0. The highest BCUT2D eigenvalue weighted by molar-refractivity contribution is 5.80. The van der Waals surface area contributed by atoms with Crippen molar-refractivity contribution in [3.05, 3.63) is 36.0 Å². The van der Waals surface area contributed by atoms with Gasteiger partial charge in [0.25, 0.3) is 0 Å². The topological polar surface area (TPSA) is 48.4 Å². The van der Waals surface area contributed by atoms with E-state index in [1.54, 1.807) is 13.0 Å². The Morgan fingerprint density at radius 3 is 2.95 bits per heavy atom. The zero-order valence-electron chi connectivity index (χ0n) is 12.0. The lowest BCUT2D eigenvalue weighted by molar-refractivity contribution is -0.143. The molecule has 4 nitrogen and oxygen atoms in total. The number of carbonyl (C=O) groups is 1. The van der Waals surface area contributed by atoms with Crippen molar-refractivity contribution in [1.29, 1.82) is 0 Å². The van der Waals surface area contributed by atoms with Crippen molar-refractivity contribution in [3.8, 4) is 18.1 Å². The van der Waals surface area contributed by atoms with Crippen molar-refractivity contribution in [3.63, 3.8) is 0 Å². The van der Waals surface area contributed by atoms with Crippen molar-refractivity contribution in [2.24, 2.45) is 0 Å². The molecule has 0 saturated heterocycles. The van der Waals surface area contributed by atoms with Crippen molar-refractivity contribution < 1.29 is 14.3 Å². The van der Waals surface area contributed by atoms with Crippen LogP contribution in [-0.2, 0) is 9.53 Å². The maximum Gasteiger partial charge on any atom is 0.305 e. The third-order valence-electron chi connectivity index (χ3n) is 2.91. The van der Waals surface area contributed by atoms with Crippen LogP contribution < -0.4 is 4.74 Å². The van der Waals surface area contributed by atoms with Gasteiger partial charge in [0, 0.05) is 11.8 Å². The molecular formula is C17H17NO3. The number of pyridine rings is 1. The Bertz CT molecular complexity index is 673. The zero-order chi connectivity index (χ0) is 15.1. The van der Waals surface area contributed by atoms with Crippen LogP contribution >= 0.6 is 0 Å². The third-order valence-corrected chi connectivity index (χ3v) is 2.91. The fourth-order valence-corrected chi connectivity index (χ4v) is 1.91. The highest BCUT2D eigenvalue weighted by atomic mass is 16.5. The van der Waals surface area contributed by atoms with Crippen LogP contribution in [0, 0.1) is 12.3 Å². The van der Waals surface area contributed by atoms with Gasteiger partial charge in [-0.2, -0.15) is 0 Å². The largest absolute Gasteiger partial charge is 0.494 e. The van der Waals surface area contributed by atoms with Gasteiger partial charge in [0.15, 0.2) is 0 Å². The quantitative estimate of drug-likeness (QED) is 0.464. The first-order valence-electron chi connectivity index (χ1n) is 6.88. The van der Waals surface area contributed by atoms with E-state index in [-0.39, 0.29) is 5.97 Å². The van der Waals surface area contributed by atoms with E-state index in [0.29, 0.717) is 31.7 Å². The van der Waals surface area contributed by atoms with Gasteiger partial charge in [-0.05, 0) is 43.7 Å². The van der Waals surface area contributed by atoms with Gasteiger partial charge in [0.05, 0.1) is 18.7 Å². The molecule has 0 saturated carbocycles. The van der Waals surface area contributed by atoms with Crippen LogP contribution in [0.4, 0.5) is 0 Å². The molecule has 108 valence electrons. The van der Waals surface area contributed by atoms with E-state index in [1.165, 1.54) is 0 Å². The van der Waals surface area contributed by atoms with Gasteiger partial charge in [0.2, 0.25) is 0 Å². The summed E-state index contributed by atoms with van der Waals surface area (Å²) in [5, 5.41) is 0.969. The van der Waals surface area contributed by atoms with E-state index in [2.05, 4.69) is 10.9 Å². The second kappa shape index (κ2) is 7.30. The summed E-state index contributed by atoms with van der Waals surface area (Å²) in [6, 6.07) is 9.35. The Labute approximate surface area is 124 Å². The molecule has 2 rings (SSSR count). The number of esters is 1. The summed E-state index contributed by atoms with van der Waals surface area (Å²) in [5.74, 6) is 3.07. The van der Waals surface area contributed by atoms with E-state index < -0.39 is 0 Å². The predicted octanol–water partition coefficient (Wildman–Crippen LogP) is 2.94. The van der Waals surface area contributed by atoms with E-state index >= 15 is 0 Å². The number of aromatic nitrogens is 1. The van der Waals surface area contributed by atoms with Gasteiger partial charge in [0.1, 0.15) is 11.4 Å². The Morgan fingerprint density at radius 2 is 2.19 bits per heavy atom. The minimum Gasteiger partial charge on any atom is -0.494 e. The first-order chi connectivity index (χ1) is 10.2. The lowest BCUT2D eigenvalue weighted by Crippen LogP contribution is -2.06. The van der Waals surface area contributed by atoms with Crippen LogP contribution in [0.25, 0.3) is 10.9 Å². The van der Waals surface area contributed by atoms with Crippen LogP contribution in [0.3, 0.4) is 0 Å². The molecule has 0 unspecified atom stereocenters. The molecular weight excluding hydrogens is 266 g/mol. The highest BCUT2D eigenvalue weighted by Crippen LogP contribution is 2.20. The molecule has 0 amide bonds. The molecule has 2 aromatic rings. The molecule has 1 heterocycles. The Balaban J connectivity index is 1.91. The molecule has 1 aromatic heterocycles. The van der Waals surface area contributed by atoms with Gasteiger partial charge in [-0.15, -0.1) is 6.42 Å². The number of ether oxygens (including phenoxy) is 2. The van der Waals surface area contributed by atoms with Crippen LogP contribution in [0.1, 0.15) is 25.5 Å². The smallest absolute Gasteiger partial charge is 0.305 e. The van der Waals surface area contributed by atoms with Crippen molar-refractivity contribution in [1.82, 2.24) is 4.98 Å². The Hall–Kier alpha value is -2.54. The van der Waals surface area contributed by atoms with E-state index in [4.69, 9.17) is 15.9 Å². The molecule has 0 bridgehead atoms. The Morgan fingerprint density at radius 1 is 1.33 bits per heavy atom. The molecule has 21 heavy (non-hydrogen) atoms. The summed E-state index contributed by atoms with van der Waals surface area (Å²) in [4.78, 5) is 15.5. The summed E-state index contributed by atoms with van der Waals surface area (Å²) in [7, 11) is 0. The SMILES string of the molecule is C#Cc1ccc2cc(OCCCC(=O)OCC)ccc2n1. The maximum absolute atomic E-state index is 11.2. The minimum atomic E-state index is -0.189. The monoisotopic (exact) mass is 283 g/mol. The summed E-state index contributed by atoms with van der Waals surface area (Å²) >= 11 is 0. The fourth-order valence-electron chi connectivity index (χ4n) is 1.91. The number of hydrogen-bond acceptors (Lipinski definition) is 4. The molecule has 4 heteroatoms. The molecule has 0 radical (unpaired) electrons. The van der Waals surface area contributed by atoms with Gasteiger partial charge in [-0.25, -0.2) is 4.98 Å². The Kier molecular flexibility index (Phi) is 5.16. The number of benzene rings is 1. The van der Waals surface area contributed by atoms with E-state index in [9.17, 15) is 4.79 Å². The van der Waals surface area contributed by atoms with Crippen molar-refractivity contribution >= 4 is 16.9 Å². The lowest BCUT2D eigenvalue weighted by atomic mass is 10.2. The molecule has 0 N–H and O–H groups in total.